The Morgan fingerprint density at radius 2 is 2.03 bits per heavy atom. The summed E-state index contributed by atoms with van der Waals surface area (Å²) in [6, 6.07) is 11.1. The number of benzene rings is 2. The third-order valence-corrected chi connectivity index (χ3v) is 6.75. The van der Waals surface area contributed by atoms with Crippen LogP contribution in [-0.2, 0) is 11.8 Å². The number of thiazole rings is 1. The van der Waals surface area contributed by atoms with Gasteiger partial charge in [-0.15, -0.1) is 10.2 Å². The quantitative estimate of drug-likeness (QED) is 0.452. The van der Waals surface area contributed by atoms with Gasteiger partial charge in [-0.25, -0.2) is 18.2 Å². The normalized spacial score (nSPS) is 18.5. The number of halogens is 3. The summed E-state index contributed by atoms with van der Waals surface area (Å²) in [5, 5.41) is 15.0. The van der Waals surface area contributed by atoms with Crippen molar-refractivity contribution in [1.82, 2.24) is 25.2 Å². The first-order chi connectivity index (χ1) is 15.8. The second kappa shape index (κ2) is 8.22. The lowest BCUT2D eigenvalue weighted by Gasteiger charge is -2.23. The van der Waals surface area contributed by atoms with E-state index >= 15 is 0 Å². The number of fused-ring (bicyclic) bond motifs is 1. The summed E-state index contributed by atoms with van der Waals surface area (Å²) in [4.78, 5) is 19.0. The summed E-state index contributed by atoms with van der Waals surface area (Å²) < 4.78 is 42.1. The van der Waals surface area contributed by atoms with Gasteiger partial charge < -0.3 is 5.32 Å². The summed E-state index contributed by atoms with van der Waals surface area (Å²) in [7, 11) is 1.65. The van der Waals surface area contributed by atoms with Crippen molar-refractivity contribution >= 4 is 32.6 Å². The standard InChI is InChI=1S/C22H19F3N6OS/c1-31-29-19(28-30-31)13-4-2-12(3-5-13)18(14-8-9-22(24,25)11-14)20(32)27-21-26-16-7-6-15(23)10-17(16)33-21/h2-7,10,14,18H,8-9,11H2,1H3,(H,26,27,32). The predicted octanol–water partition coefficient (Wildman–Crippen LogP) is 4.78. The number of hydrogen-bond acceptors (Lipinski definition) is 6. The van der Waals surface area contributed by atoms with Crippen LogP contribution >= 0.6 is 11.3 Å². The molecular formula is C22H19F3N6OS. The Labute approximate surface area is 190 Å². The second-order valence-electron chi connectivity index (χ2n) is 8.18. The average molecular weight is 472 g/mol. The molecule has 0 bridgehead atoms. The lowest BCUT2D eigenvalue weighted by molar-refractivity contribution is -0.118. The van der Waals surface area contributed by atoms with Gasteiger partial charge in [-0.3, -0.25) is 4.79 Å². The number of nitrogens with zero attached hydrogens (tertiary/aromatic N) is 5. The number of nitrogens with one attached hydrogen (secondary N) is 1. The number of aromatic nitrogens is 5. The van der Waals surface area contributed by atoms with Crippen molar-refractivity contribution in [2.75, 3.05) is 5.32 Å². The summed E-state index contributed by atoms with van der Waals surface area (Å²) in [6.07, 6.45) is -0.364. The Morgan fingerprint density at radius 3 is 2.70 bits per heavy atom. The Balaban J connectivity index is 1.44. The zero-order valence-corrected chi connectivity index (χ0v) is 18.3. The molecule has 7 nitrogen and oxygen atoms in total. The number of tetrazole rings is 1. The Bertz CT molecular complexity index is 1320. The molecule has 1 aliphatic rings. The minimum atomic E-state index is -2.79. The number of rotatable bonds is 5. The largest absolute Gasteiger partial charge is 0.301 e. The van der Waals surface area contributed by atoms with Crippen molar-refractivity contribution in [3.05, 3.63) is 53.8 Å². The molecule has 11 heteroatoms. The van der Waals surface area contributed by atoms with E-state index in [1.165, 1.54) is 23.0 Å². The van der Waals surface area contributed by atoms with Crippen molar-refractivity contribution in [3.63, 3.8) is 0 Å². The van der Waals surface area contributed by atoms with E-state index in [1.807, 2.05) is 0 Å². The van der Waals surface area contributed by atoms with Crippen molar-refractivity contribution in [2.24, 2.45) is 13.0 Å². The molecule has 170 valence electrons. The van der Waals surface area contributed by atoms with Gasteiger partial charge in [0.25, 0.3) is 0 Å². The fourth-order valence-electron chi connectivity index (χ4n) is 4.28. The summed E-state index contributed by atoms with van der Waals surface area (Å²) in [5.74, 6) is -4.48. The van der Waals surface area contributed by atoms with E-state index in [9.17, 15) is 18.0 Å². The fraction of sp³-hybridized carbons (Fsp3) is 0.318. The van der Waals surface area contributed by atoms with E-state index in [1.54, 1.807) is 31.3 Å². The number of carbonyl (C=O) groups is 1. The Hall–Kier alpha value is -3.34. The number of anilines is 1. The van der Waals surface area contributed by atoms with Crippen LogP contribution in [0.4, 0.5) is 18.3 Å². The van der Waals surface area contributed by atoms with Crippen LogP contribution in [0.3, 0.4) is 0 Å². The third kappa shape index (κ3) is 4.45. The number of aryl methyl sites for hydroxylation is 1. The van der Waals surface area contributed by atoms with Crippen LogP contribution in [-0.4, -0.2) is 37.0 Å². The first kappa shape index (κ1) is 21.5. The van der Waals surface area contributed by atoms with E-state index in [0.717, 1.165) is 11.3 Å². The minimum absolute atomic E-state index is 0.240. The van der Waals surface area contributed by atoms with Gasteiger partial charge in [0.2, 0.25) is 17.7 Å². The molecule has 0 spiro atoms. The van der Waals surface area contributed by atoms with Gasteiger partial charge in [-0.2, -0.15) is 4.80 Å². The summed E-state index contributed by atoms with van der Waals surface area (Å²) >= 11 is 1.14. The van der Waals surface area contributed by atoms with Gasteiger partial charge in [0.05, 0.1) is 23.2 Å². The SMILES string of the molecule is Cn1nnc(-c2ccc(C(C(=O)Nc3nc4ccc(F)cc4s3)C3CCC(F)(F)C3)cc2)n1. The molecule has 1 fully saturated rings. The molecule has 1 saturated carbocycles. The van der Waals surface area contributed by atoms with Crippen molar-refractivity contribution in [3.8, 4) is 11.4 Å². The van der Waals surface area contributed by atoms with Crippen LogP contribution in [0.15, 0.2) is 42.5 Å². The maximum Gasteiger partial charge on any atom is 0.248 e. The zero-order chi connectivity index (χ0) is 23.2. The zero-order valence-electron chi connectivity index (χ0n) is 17.5. The van der Waals surface area contributed by atoms with Gasteiger partial charge in [0.1, 0.15) is 5.82 Å². The highest BCUT2D eigenvalue weighted by Gasteiger charge is 2.45. The fourth-order valence-corrected chi connectivity index (χ4v) is 5.17. The van der Waals surface area contributed by atoms with Crippen molar-refractivity contribution in [2.45, 2.75) is 31.1 Å². The highest BCUT2D eigenvalue weighted by atomic mass is 32.1. The molecule has 5 rings (SSSR count). The van der Waals surface area contributed by atoms with Crippen LogP contribution in [0, 0.1) is 11.7 Å². The smallest absolute Gasteiger partial charge is 0.248 e. The molecule has 1 aliphatic carbocycles. The van der Waals surface area contributed by atoms with Crippen molar-refractivity contribution < 1.29 is 18.0 Å². The Kier molecular flexibility index (Phi) is 5.35. The highest BCUT2D eigenvalue weighted by Crippen LogP contribution is 2.46. The molecule has 1 N–H and O–H groups in total. The molecule has 0 saturated heterocycles. The van der Waals surface area contributed by atoms with Crippen LogP contribution < -0.4 is 5.32 Å². The molecule has 2 unspecified atom stereocenters. The van der Waals surface area contributed by atoms with E-state index in [4.69, 9.17) is 0 Å². The molecule has 33 heavy (non-hydrogen) atoms. The second-order valence-corrected chi connectivity index (χ2v) is 9.21. The lowest BCUT2D eigenvalue weighted by atomic mass is 9.83. The van der Waals surface area contributed by atoms with E-state index in [2.05, 4.69) is 25.7 Å². The lowest BCUT2D eigenvalue weighted by Crippen LogP contribution is -2.27. The maximum absolute atomic E-state index is 14.0. The number of hydrogen-bond donors (Lipinski definition) is 1. The molecule has 2 atom stereocenters. The van der Waals surface area contributed by atoms with Crippen LogP contribution in [0.1, 0.15) is 30.7 Å². The topological polar surface area (TPSA) is 85.6 Å². The molecular weight excluding hydrogens is 453 g/mol. The molecule has 4 aromatic rings. The molecule has 2 aromatic heterocycles. The maximum atomic E-state index is 14.0. The summed E-state index contributed by atoms with van der Waals surface area (Å²) in [5.41, 5.74) is 1.88. The molecule has 0 aliphatic heterocycles. The van der Waals surface area contributed by atoms with Crippen LogP contribution in [0.25, 0.3) is 21.6 Å². The molecule has 2 heterocycles. The minimum Gasteiger partial charge on any atom is -0.301 e. The highest BCUT2D eigenvalue weighted by molar-refractivity contribution is 7.22. The predicted molar refractivity (Wildman–Crippen MR) is 117 cm³/mol. The monoisotopic (exact) mass is 472 g/mol. The van der Waals surface area contributed by atoms with Gasteiger partial charge in [-0.05, 0) is 41.3 Å². The molecule has 0 radical (unpaired) electrons. The van der Waals surface area contributed by atoms with Gasteiger partial charge >= 0.3 is 0 Å². The van der Waals surface area contributed by atoms with E-state index in [0.29, 0.717) is 32.3 Å². The number of alkyl halides is 2. The number of carbonyl (C=O) groups excluding carboxylic acids is 1. The average Bonchev–Trinajstić information content (AvgIpc) is 3.46. The van der Waals surface area contributed by atoms with Gasteiger partial charge in [0.15, 0.2) is 5.13 Å². The van der Waals surface area contributed by atoms with Gasteiger partial charge in [0, 0.05) is 18.4 Å². The van der Waals surface area contributed by atoms with Crippen LogP contribution in [0.2, 0.25) is 0 Å². The van der Waals surface area contributed by atoms with E-state index < -0.39 is 29.5 Å². The first-order valence-corrected chi connectivity index (χ1v) is 11.2. The van der Waals surface area contributed by atoms with Crippen molar-refractivity contribution in [1.29, 1.82) is 0 Å². The first-order valence-electron chi connectivity index (χ1n) is 10.4. The Morgan fingerprint density at radius 1 is 1.24 bits per heavy atom. The molecule has 2 aromatic carbocycles. The third-order valence-electron chi connectivity index (χ3n) is 5.81. The molecule has 1 amide bonds. The van der Waals surface area contributed by atoms with Gasteiger partial charge in [-0.1, -0.05) is 35.6 Å². The van der Waals surface area contributed by atoms with E-state index in [-0.39, 0.29) is 19.3 Å². The number of amides is 1. The summed E-state index contributed by atoms with van der Waals surface area (Å²) in [6.45, 7) is 0. The van der Waals surface area contributed by atoms with Crippen LogP contribution in [0.5, 0.6) is 0 Å².